The maximum atomic E-state index is 12.7. The van der Waals surface area contributed by atoms with Crippen molar-refractivity contribution in [3.63, 3.8) is 0 Å². The number of ether oxygens (including phenoxy) is 2. The van der Waals surface area contributed by atoms with Crippen LogP contribution in [0, 0.1) is 11.3 Å². The number of hydrogen-bond acceptors (Lipinski definition) is 5. The third-order valence-corrected chi connectivity index (χ3v) is 4.52. The highest BCUT2D eigenvalue weighted by atomic mass is 32.1. The number of nitrogens with zero attached hydrogens (tertiary/aromatic N) is 1. The zero-order valence-corrected chi connectivity index (χ0v) is 14.4. The lowest BCUT2D eigenvalue weighted by Gasteiger charge is -2.13. The maximum Gasteiger partial charge on any atom is 0.204 e. The molecule has 3 aromatic rings. The molecule has 5 heteroatoms. The van der Waals surface area contributed by atoms with Crippen molar-refractivity contribution in [1.29, 1.82) is 5.26 Å². The molecule has 0 atom stereocenters. The van der Waals surface area contributed by atoms with Crippen molar-refractivity contribution in [2.75, 3.05) is 7.11 Å². The molecule has 0 aliphatic carbocycles. The number of methoxy groups -OCH3 is 1. The van der Waals surface area contributed by atoms with Crippen LogP contribution in [0.3, 0.4) is 0 Å². The first-order valence-electron chi connectivity index (χ1n) is 7.60. The summed E-state index contributed by atoms with van der Waals surface area (Å²) in [5.41, 5.74) is 1.58. The topological polar surface area (TPSA) is 59.3 Å². The van der Waals surface area contributed by atoms with Crippen LogP contribution in [0.25, 0.3) is 0 Å². The predicted molar refractivity (Wildman–Crippen MR) is 96.2 cm³/mol. The Morgan fingerprint density at radius 1 is 1.12 bits per heavy atom. The molecule has 0 saturated heterocycles. The molecule has 0 unspecified atom stereocenters. The van der Waals surface area contributed by atoms with Gasteiger partial charge in [-0.25, -0.2) is 0 Å². The average Bonchev–Trinajstić information content (AvgIpc) is 3.20. The van der Waals surface area contributed by atoms with Crippen LogP contribution in [0.1, 0.15) is 26.4 Å². The fourth-order valence-electron chi connectivity index (χ4n) is 2.39. The highest BCUT2D eigenvalue weighted by Crippen LogP contribution is 2.33. The van der Waals surface area contributed by atoms with Gasteiger partial charge >= 0.3 is 0 Å². The molecule has 0 fully saturated rings. The van der Waals surface area contributed by atoms with Crippen molar-refractivity contribution in [3.8, 4) is 17.6 Å². The summed E-state index contributed by atoms with van der Waals surface area (Å²) in [6.07, 6.45) is 0. The summed E-state index contributed by atoms with van der Waals surface area (Å²) < 4.78 is 11.2. The molecule has 3 rings (SSSR count). The first-order chi connectivity index (χ1) is 12.2. The number of carbonyl (C=O) groups is 1. The Labute approximate surface area is 149 Å². The van der Waals surface area contributed by atoms with Crippen molar-refractivity contribution in [2.45, 2.75) is 6.61 Å². The van der Waals surface area contributed by atoms with E-state index in [0.29, 0.717) is 28.5 Å². The third kappa shape index (κ3) is 3.70. The van der Waals surface area contributed by atoms with Gasteiger partial charge in [0.25, 0.3) is 0 Å². The van der Waals surface area contributed by atoms with Crippen LogP contribution < -0.4 is 9.47 Å². The molecule has 0 spiro atoms. The molecule has 2 aromatic carbocycles. The van der Waals surface area contributed by atoms with Gasteiger partial charge in [-0.3, -0.25) is 4.79 Å². The molecule has 0 bridgehead atoms. The second-order valence-corrected chi connectivity index (χ2v) is 6.19. The Kier molecular flexibility index (Phi) is 5.12. The summed E-state index contributed by atoms with van der Waals surface area (Å²) in [5, 5.41) is 11.2. The minimum Gasteiger partial charge on any atom is -0.493 e. The molecule has 0 aliphatic rings. The molecule has 1 aromatic heterocycles. The van der Waals surface area contributed by atoms with Gasteiger partial charge in [-0.1, -0.05) is 36.4 Å². The average molecular weight is 349 g/mol. The second kappa shape index (κ2) is 7.65. The van der Waals surface area contributed by atoms with Gasteiger partial charge in [0.05, 0.1) is 17.6 Å². The van der Waals surface area contributed by atoms with Gasteiger partial charge in [0.2, 0.25) is 5.78 Å². The highest BCUT2D eigenvalue weighted by molar-refractivity contribution is 7.12. The minimum atomic E-state index is -0.196. The van der Waals surface area contributed by atoms with E-state index in [1.54, 1.807) is 24.3 Å². The Morgan fingerprint density at radius 2 is 1.92 bits per heavy atom. The highest BCUT2D eigenvalue weighted by Gasteiger charge is 2.19. The predicted octanol–water partition coefficient (Wildman–Crippen LogP) is 4.44. The van der Waals surface area contributed by atoms with E-state index in [9.17, 15) is 10.1 Å². The van der Waals surface area contributed by atoms with Gasteiger partial charge < -0.3 is 9.47 Å². The number of rotatable bonds is 6. The molecule has 4 nitrogen and oxygen atoms in total. The standard InChI is InChI=1S/C20H15NO3S/c1-23-17-10-15(12-21)16(20(22)19-8-5-9-25-19)11-18(17)24-13-14-6-3-2-4-7-14/h2-11H,13H2,1H3. The first-order valence-corrected chi connectivity index (χ1v) is 8.48. The monoisotopic (exact) mass is 349 g/mol. The van der Waals surface area contributed by atoms with Crippen molar-refractivity contribution in [2.24, 2.45) is 0 Å². The van der Waals surface area contributed by atoms with Gasteiger partial charge in [-0.15, -0.1) is 11.3 Å². The number of hydrogen-bond donors (Lipinski definition) is 0. The van der Waals surface area contributed by atoms with E-state index in [4.69, 9.17) is 9.47 Å². The molecule has 0 radical (unpaired) electrons. The van der Waals surface area contributed by atoms with Crippen LogP contribution in [0.5, 0.6) is 11.5 Å². The lowest BCUT2D eigenvalue weighted by atomic mass is 10.0. The SMILES string of the molecule is COc1cc(C#N)c(C(=O)c2cccs2)cc1OCc1ccccc1. The summed E-state index contributed by atoms with van der Waals surface area (Å²) in [6, 6.07) is 18.4. The van der Waals surface area contributed by atoms with E-state index in [-0.39, 0.29) is 11.3 Å². The summed E-state index contributed by atoms with van der Waals surface area (Å²) in [5.74, 6) is 0.666. The number of carbonyl (C=O) groups excluding carboxylic acids is 1. The quantitative estimate of drug-likeness (QED) is 0.617. The zero-order chi connectivity index (χ0) is 17.6. The van der Waals surface area contributed by atoms with Crippen LogP contribution in [-0.4, -0.2) is 12.9 Å². The zero-order valence-electron chi connectivity index (χ0n) is 13.6. The normalized spacial score (nSPS) is 10.1. The van der Waals surface area contributed by atoms with Crippen LogP contribution in [0.2, 0.25) is 0 Å². The summed E-state index contributed by atoms with van der Waals surface area (Å²) in [4.78, 5) is 13.3. The Morgan fingerprint density at radius 3 is 2.56 bits per heavy atom. The first kappa shape index (κ1) is 16.7. The van der Waals surface area contributed by atoms with Crippen LogP contribution in [0.4, 0.5) is 0 Å². The van der Waals surface area contributed by atoms with Crippen LogP contribution in [-0.2, 0) is 6.61 Å². The van der Waals surface area contributed by atoms with Crippen molar-refractivity contribution in [1.82, 2.24) is 0 Å². The van der Waals surface area contributed by atoms with Crippen molar-refractivity contribution in [3.05, 3.63) is 81.5 Å². The Bertz CT molecular complexity index is 912. The van der Waals surface area contributed by atoms with Gasteiger partial charge in [0.15, 0.2) is 11.5 Å². The lowest BCUT2D eigenvalue weighted by molar-refractivity contribution is 0.104. The summed E-state index contributed by atoms with van der Waals surface area (Å²) in [7, 11) is 1.51. The van der Waals surface area contributed by atoms with Gasteiger partial charge in [-0.2, -0.15) is 5.26 Å². The maximum absolute atomic E-state index is 12.7. The molecule has 1 heterocycles. The number of nitriles is 1. The van der Waals surface area contributed by atoms with Gasteiger partial charge in [0.1, 0.15) is 12.7 Å². The summed E-state index contributed by atoms with van der Waals surface area (Å²) in [6.45, 7) is 0.343. The molecule has 124 valence electrons. The number of thiophene rings is 1. The third-order valence-electron chi connectivity index (χ3n) is 3.65. The van der Waals surface area contributed by atoms with E-state index in [0.717, 1.165) is 5.56 Å². The lowest BCUT2D eigenvalue weighted by Crippen LogP contribution is -2.05. The molecular weight excluding hydrogens is 334 g/mol. The Balaban J connectivity index is 1.95. The molecule has 0 aliphatic heterocycles. The van der Waals surface area contributed by atoms with Crippen molar-refractivity contribution < 1.29 is 14.3 Å². The van der Waals surface area contributed by atoms with Crippen LogP contribution in [0.15, 0.2) is 60.0 Å². The van der Waals surface area contributed by atoms with E-state index < -0.39 is 0 Å². The van der Waals surface area contributed by atoms with E-state index in [1.165, 1.54) is 18.4 Å². The fourth-order valence-corrected chi connectivity index (χ4v) is 3.07. The molecule has 0 amide bonds. The van der Waals surface area contributed by atoms with Crippen LogP contribution >= 0.6 is 11.3 Å². The number of ketones is 1. The molecule has 0 saturated carbocycles. The minimum absolute atomic E-state index is 0.196. The second-order valence-electron chi connectivity index (χ2n) is 5.24. The Hall–Kier alpha value is -3.10. The molecule has 25 heavy (non-hydrogen) atoms. The van der Waals surface area contributed by atoms with Crippen molar-refractivity contribution >= 4 is 17.1 Å². The van der Waals surface area contributed by atoms with Gasteiger partial charge in [-0.05, 0) is 23.1 Å². The molecule has 0 N–H and O–H groups in total. The fraction of sp³-hybridized carbons (Fsp3) is 0.100. The largest absolute Gasteiger partial charge is 0.493 e. The number of benzene rings is 2. The summed E-state index contributed by atoms with van der Waals surface area (Å²) >= 11 is 1.34. The molecular formula is C20H15NO3S. The van der Waals surface area contributed by atoms with E-state index >= 15 is 0 Å². The smallest absolute Gasteiger partial charge is 0.204 e. The van der Waals surface area contributed by atoms with E-state index in [2.05, 4.69) is 6.07 Å². The van der Waals surface area contributed by atoms with E-state index in [1.807, 2.05) is 35.7 Å². The van der Waals surface area contributed by atoms with Gasteiger partial charge in [0, 0.05) is 11.6 Å².